The third-order valence-electron chi connectivity index (χ3n) is 3.44. The Kier molecular flexibility index (Phi) is 3.85. The van der Waals surface area contributed by atoms with Crippen LogP contribution in [-0.2, 0) is 13.5 Å². The van der Waals surface area contributed by atoms with Gasteiger partial charge in [-0.05, 0) is 36.0 Å². The summed E-state index contributed by atoms with van der Waals surface area (Å²) in [6.45, 7) is 3.13. The van der Waals surface area contributed by atoms with Crippen molar-refractivity contribution >= 4 is 21.4 Å². The lowest BCUT2D eigenvalue weighted by Gasteiger charge is -2.15. The van der Waals surface area contributed by atoms with Crippen LogP contribution in [0.1, 0.15) is 23.4 Å². The van der Waals surface area contributed by atoms with Gasteiger partial charge < -0.3 is 5.32 Å². The molecule has 1 N–H and O–H groups in total. The maximum absolute atomic E-state index is 4.26. The molecule has 0 aliphatic rings. The monoisotopic (exact) mass is 285 g/mol. The van der Waals surface area contributed by atoms with Crippen molar-refractivity contribution in [1.29, 1.82) is 0 Å². The minimum atomic E-state index is 0.363. The number of aromatic nitrogens is 2. The van der Waals surface area contributed by atoms with E-state index < -0.39 is 0 Å². The van der Waals surface area contributed by atoms with Gasteiger partial charge in [-0.1, -0.05) is 25.1 Å². The number of benzene rings is 1. The molecule has 0 amide bonds. The number of aryl methyl sites for hydroxylation is 1. The fourth-order valence-corrected chi connectivity index (χ4v) is 3.65. The van der Waals surface area contributed by atoms with E-state index in [1.165, 1.54) is 20.5 Å². The highest BCUT2D eigenvalue weighted by Crippen LogP contribution is 2.31. The summed E-state index contributed by atoms with van der Waals surface area (Å²) >= 11 is 1.88. The summed E-state index contributed by atoms with van der Waals surface area (Å²) in [5.74, 6) is 0. The maximum Gasteiger partial charge on any atom is 0.0522 e. The zero-order valence-corrected chi connectivity index (χ0v) is 12.7. The highest BCUT2D eigenvalue weighted by Gasteiger charge is 2.15. The largest absolute Gasteiger partial charge is 0.309 e. The first-order valence-corrected chi connectivity index (χ1v) is 7.77. The van der Waals surface area contributed by atoms with Crippen molar-refractivity contribution in [2.45, 2.75) is 19.4 Å². The van der Waals surface area contributed by atoms with Gasteiger partial charge in [0.25, 0.3) is 0 Å². The number of hydrogen-bond acceptors (Lipinski definition) is 3. The van der Waals surface area contributed by atoms with E-state index in [0.717, 1.165) is 13.0 Å². The van der Waals surface area contributed by atoms with Gasteiger partial charge in [-0.25, -0.2) is 0 Å². The highest BCUT2D eigenvalue weighted by molar-refractivity contribution is 7.19. The minimum Gasteiger partial charge on any atom is -0.309 e. The van der Waals surface area contributed by atoms with Gasteiger partial charge in [0.15, 0.2) is 0 Å². The van der Waals surface area contributed by atoms with Crippen molar-refractivity contribution < 1.29 is 0 Å². The summed E-state index contributed by atoms with van der Waals surface area (Å²) in [6, 6.07) is 11.2. The van der Waals surface area contributed by atoms with Crippen LogP contribution in [0.4, 0.5) is 0 Å². The Balaban J connectivity index is 1.89. The number of hydrogen-bond donors (Lipinski definition) is 1. The maximum atomic E-state index is 4.26. The second kappa shape index (κ2) is 5.77. The molecular formula is C16H19N3S. The minimum absolute atomic E-state index is 0.363. The lowest BCUT2D eigenvalue weighted by Crippen LogP contribution is -2.21. The van der Waals surface area contributed by atoms with Gasteiger partial charge in [-0.15, -0.1) is 11.3 Å². The fourth-order valence-electron chi connectivity index (χ4n) is 2.51. The Morgan fingerprint density at radius 3 is 2.90 bits per heavy atom. The molecule has 0 spiro atoms. The molecule has 4 heteroatoms. The van der Waals surface area contributed by atoms with E-state index in [1.54, 1.807) is 0 Å². The molecule has 1 atom stereocenters. The molecule has 0 bridgehead atoms. The number of likely N-dealkylation sites (N-methyl/N-ethyl adjacent to an activating group) is 1. The van der Waals surface area contributed by atoms with Crippen molar-refractivity contribution in [3.05, 3.63) is 53.2 Å². The molecule has 3 rings (SSSR count). The van der Waals surface area contributed by atoms with Crippen LogP contribution < -0.4 is 5.32 Å². The smallest absolute Gasteiger partial charge is 0.0522 e. The fraction of sp³-hybridized carbons (Fsp3) is 0.312. The third-order valence-corrected chi connectivity index (χ3v) is 4.67. The molecule has 0 aliphatic heterocycles. The molecule has 0 radical (unpaired) electrons. The predicted octanol–water partition coefficient (Wildman–Crippen LogP) is 3.53. The van der Waals surface area contributed by atoms with Crippen molar-refractivity contribution in [2.75, 3.05) is 6.54 Å². The average Bonchev–Trinajstić information content (AvgIpc) is 3.04. The molecule has 0 saturated heterocycles. The molecule has 104 valence electrons. The van der Waals surface area contributed by atoms with Gasteiger partial charge in [0, 0.05) is 28.9 Å². The van der Waals surface area contributed by atoms with Crippen molar-refractivity contribution in [1.82, 2.24) is 15.1 Å². The predicted molar refractivity (Wildman–Crippen MR) is 85.2 cm³/mol. The molecule has 3 nitrogen and oxygen atoms in total. The van der Waals surface area contributed by atoms with E-state index in [9.17, 15) is 0 Å². The lowest BCUT2D eigenvalue weighted by molar-refractivity contribution is 0.558. The Morgan fingerprint density at radius 1 is 1.35 bits per heavy atom. The average molecular weight is 285 g/mol. The summed E-state index contributed by atoms with van der Waals surface area (Å²) in [5.41, 5.74) is 1.27. The van der Waals surface area contributed by atoms with Crippen molar-refractivity contribution in [3.8, 4) is 0 Å². The molecule has 1 unspecified atom stereocenters. The Labute approximate surface area is 123 Å². The number of thiophene rings is 1. The Hall–Kier alpha value is -1.65. The molecule has 20 heavy (non-hydrogen) atoms. The van der Waals surface area contributed by atoms with E-state index in [0.29, 0.717) is 6.04 Å². The van der Waals surface area contributed by atoms with Crippen LogP contribution in [0.5, 0.6) is 0 Å². The Morgan fingerprint density at radius 2 is 2.20 bits per heavy atom. The zero-order valence-electron chi connectivity index (χ0n) is 11.8. The van der Waals surface area contributed by atoms with Crippen LogP contribution >= 0.6 is 11.3 Å². The summed E-state index contributed by atoms with van der Waals surface area (Å²) in [7, 11) is 1.96. The summed E-state index contributed by atoms with van der Waals surface area (Å²) in [5, 5.41) is 9.18. The summed E-state index contributed by atoms with van der Waals surface area (Å²) in [6.07, 6.45) is 5.03. The number of fused-ring (bicyclic) bond motifs is 1. The van der Waals surface area contributed by atoms with E-state index in [2.05, 4.69) is 53.9 Å². The van der Waals surface area contributed by atoms with Crippen LogP contribution in [0.25, 0.3) is 10.1 Å². The number of nitrogens with one attached hydrogen (secondary N) is 1. The van der Waals surface area contributed by atoms with Gasteiger partial charge in [0.2, 0.25) is 0 Å². The quantitative estimate of drug-likeness (QED) is 0.777. The first-order chi connectivity index (χ1) is 9.76. The standard InChI is InChI=1S/C16H19N3S/c1-3-17-14(8-12-10-18-19(2)11-12)16-9-13-6-4-5-7-15(13)20-16/h4-7,9-11,14,17H,3,8H2,1-2H3. The first kappa shape index (κ1) is 13.3. The van der Waals surface area contributed by atoms with Crippen LogP contribution in [0.3, 0.4) is 0 Å². The summed E-state index contributed by atoms with van der Waals surface area (Å²) < 4.78 is 3.22. The highest BCUT2D eigenvalue weighted by atomic mass is 32.1. The van der Waals surface area contributed by atoms with Gasteiger partial charge in [-0.3, -0.25) is 4.68 Å². The molecule has 0 fully saturated rings. The van der Waals surface area contributed by atoms with Crippen molar-refractivity contribution in [2.24, 2.45) is 7.05 Å². The SMILES string of the molecule is CCNC(Cc1cnn(C)c1)c1cc2ccccc2s1. The molecule has 3 aromatic rings. The molecule has 0 saturated carbocycles. The second-order valence-electron chi connectivity index (χ2n) is 5.02. The number of rotatable bonds is 5. The van der Waals surface area contributed by atoms with Gasteiger partial charge in [0.05, 0.1) is 6.20 Å². The van der Waals surface area contributed by atoms with Crippen LogP contribution in [-0.4, -0.2) is 16.3 Å². The molecule has 1 aromatic carbocycles. The topological polar surface area (TPSA) is 29.9 Å². The molecule has 0 aliphatic carbocycles. The van der Waals surface area contributed by atoms with E-state index >= 15 is 0 Å². The van der Waals surface area contributed by atoms with Crippen LogP contribution in [0, 0.1) is 0 Å². The summed E-state index contributed by atoms with van der Waals surface area (Å²) in [4.78, 5) is 1.40. The molecule has 2 aromatic heterocycles. The lowest BCUT2D eigenvalue weighted by atomic mass is 10.1. The van der Waals surface area contributed by atoms with E-state index in [1.807, 2.05) is 29.3 Å². The van der Waals surface area contributed by atoms with E-state index in [4.69, 9.17) is 0 Å². The second-order valence-corrected chi connectivity index (χ2v) is 6.14. The van der Waals surface area contributed by atoms with Crippen LogP contribution in [0.15, 0.2) is 42.7 Å². The van der Waals surface area contributed by atoms with Gasteiger partial charge >= 0.3 is 0 Å². The first-order valence-electron chi connectivity index (χ1n) is 6.95. The number of nitrogens with zero attached hydrogens (tertiary/aromatic N) is 2. The Bertz CT molecular complexity index is 665. The molecular weight excluding hydrogens is 266 g/mol. The normalized spacial score (nSPS) is 12.9. The third kappa shape index (κ3) is 2.76. The van der Waals surface area contributed by atoms with Crippen LogP contribution in [0.2, 0.25) is 0 Å². The van der Waals surface area contributed by atoms with E-state index in [-0.39, 0.29) is 0 Å². The molecule has 2 heterocycles. The van der Waals surface area contributed by atoms with Gasteiger partial charge in [-0.2, -0.15) is 5.10 Å². The van der Waals surface area contributed by atoms with Gasteiger partial charge in [0.1, 0.15) is 0 Å². The van der Waals surface area contributed by atoms with Crippen molar-refractivity contribution in [3.63, 3.8) is 0 Å². The zero-order chi connectivity index (χ0) is 13.9.